The normalized spacial score (nSPS) is 17.8. The van der Waals surface area contributed by atoms with Gasteiger partial charge in [-0.1, -0.05) is 18.1 Å². The van der Waals surface area contributed by atoms with E-state index in [1.165, 1.54) is 13.8 Å². The molecule has 3 aromatic heterocycles. The summed E-state index contributed by atoms with van der Waals surface area (Å²) in [6.07, 6.45) is -3.32. The second-order valence-electron chi connectivity index (χ2n) is 13.9. The van der Waals surface area contributed by atoms with E-state index in [-0.39, 0.29) is 41.2 Å². The smallest absolute Gasteiger partial charge is 0.293 e. The number of carbonyl (C=O) groups is 1. The molecule has 5 aromatic rings. The minimum atomic E-state index is -3.46. The van der Waals surface area contributed by atoms with Crippen molar-refractivity contribution in [2.24, 2.45) is 13.0 Å². The molecule has 0 spiro atoms. The average Bonchev–Trinajstić information content (AvgIpc) is 3.60. The monoisotopic (exact) mass is 721 g/mol. The largest absolute Gasteiger partial charge is 0.382 e. The Balaban J connectivity index is 1.37. The molecule has 52 heavy (non-hydrogen) atoms. The molecule has 9 nitrogen and oxygen atoms in total. The van der Waals surface area contributed by atoms with Gasteiger partial charge in [0.05, 0.1) is 17.3 Å². The van der Waals surface area contributed by atoms with Crippen LogP contribution in [0.2, 0.25) is 0 Å². The predicted molar refractivity (Wildman–Crippen MR) is 179 cm³/mol. The Labute approximate surface area is 293 Å². The van der Waals surface area contributed by atoms with Crippen LogP contribution in [0.25, 0.3) is 22.0 Å². The van der Waals surface area contributed by atoms with Crippen molar-refractivity contribution in [1.82, 2.24) is 29.9 Å². The first kappa shape index (κ1) is 35.1. The minimum Gasteiger partial charge on any atom is -0.382 e. The van der Waals surface area contributed by atoms with Crippen LogP contribution in [0.4, 0.5) is 32.2 Å². The number of halogens is 6. The molecular formula is C37H33F6N7O2. The van der Waals surface area contributed by atoms with Crippen LogP contribution in [-0.2, 0) is 30.7 Å². The molecule has 0 aliphatic heterocycles. The van der Waals surface area contributed by atoms with Crippen LogP contribution in [0.1, 0.15) is 78.1 Å². The van der Waals surface area contributed by atoms with E-state index in [9.17, 15) is 27.5 Å². The Morgan fingerprint density at radius 3 is 2.46 bits per heavy atom. The molecule has 3 atom stereocenters. The maximum absolute atomic E-state index is 15.3. The third kappa shape index (κ3) is 6.25. The summed E-state index contributed by atoms with van der Waals surface area (Å²) >= 11 is 0. The lowest BCUT2D eigenvalue weighted by Crippen LogP contribution is -2.35. The first-order valence-corrected chi connectivity index (χ1v) is 16.4. The number of aryl methyl sites for hydroxylation is 2. The number of fused-ring (bicyclic) bond motifs is 4. The summed E-state index contributed by atoms with van der Waals surface area (Å²) in [5.41, 5.74) is 6.08. The Kier molecular flexibility index (Phi) is 8.36. The second-order valence-corrected chi connectivity index (χ2v) is 13.9. The fourth-order valence-corrected chi connectivity index (χ4v) is 7.22. The van der Waals surface area contributed by atoms with Gasteiger partial charge in [0, 0.05) is 41.1 Å². The van der Waals surface area contributed by atoms with Gasteiger partial charge in [-0.2, -0.15) is 19.0 Å². The Morgan fingerprint density at radius 1 is 1.10 bits per heavy atom. The number of amides is 1. The Morgan fingerprint density at radius 2 is 1.79 bits per heavy atom. The third-order valence-corrected chi connectivity index (χ3v) is 9.42. The first-order chi connectivity index (χ1) is 24.4. The van der Waals surface area contributed by atoms with Crippen molar-refractivity contribution in [1.29, 1.82) is 0 Å². The number of anilines is 1. The van der Waals surface area contributed by atoms with E-state index in [1.54, 1.807) is 29.9 Å². The number of alkyl halides is 4. The van der Waals surface area contributed by atoms with Crippen LogP contribution in [0.15, 0.2) is 42.5 Å². The second kappa shape index (κ2) is 12.4. The number of carbonyl (C=O) groups excluding carboxylic acids is 1. The van der Waals surface area contributed by atoms with Gasteiger partial charge >= 0.3 is 0 Å². The highest BCUT2D eigenvalue weighted by molar-refractivity contribution is 6.02. The van der Waals surface area contributed by atoms with E-state index in [2.05, 4.69) is 27.4 Å². The highest BCUT2D eigenvalue weighted by atomic mass is 19.3. The van der Waals surface area contributed by atoms with E-state index >= 15 is 8.78 Å². The number of nitrogens with zero attached hydrogens (tertiary/aromatic N) is 5. The zero-order chi connectivity index (χ0) is 37.4. The number of aromatic nitrogens is 5. The molecule has 0 saturated heterocycles. The first-order valence-electron chi connectivity index (χ1n) is 16.4. The molecule has 3 heterocycles. The summed E-state index contributed by atoms with van der Waals surface area (Å²) in [5.74, 6) is -2.24. The van der Waals surface area contributed by atoms with Crippen LogP contribution >= 0.6 is 0 Å². The number of hydrogen-bond acceptors (Lipinski definition) is 6. The maximum atomic E-state index is 15.3. The van der Waals surface area contributed by atoms with Gasteiger partial charge in [-0.3, -0.25) is 14.2 Å². The standard InChI is InChI=1S/C37H33F6N7O2/c1-17-5-7-23(32-28(17)35(44)48-49(32)4)22-8-6-21(9-10-36(2,3)52)45-30(22)26(13-18-11-19(38)14-20(39)12-18)46-27(51)16-50-33-29(31(47-50)34(40)41)24-15-25(24)37(33,42)43/h5-8,11-12,14,24-26,34,52H,13,15-16H2,1-4H3,(H2,44,48)(H,46,51)/t24-,25+,26-/m0/s1. The van der Waals surface area contributed by atoms with Crippen molar-refractivity contribution < 1.29 is 36.2 Å². The zero-order valence-electron chi connectivity index (χ0n) is 28.4. The van der Waals surface area contributed by atoms with Gasteiger partial charge in [-0.15, -0.1) is 0 Å². The summed E-state index contributed by atoms with van der Waals surface area (Å²) in [4.78, 5) is 18.6. The van der Waals surface area contributed by atoms with Crippen LogP contribution in [0.3, 0.4) is 0 Å². The van der Waals surface area contributed by atoms with E-state index < -0.39 is 71.3 Å². The minimum absolute atomic E-state index is 0.0552. The van der Waals surface area contributed by atoms with E-state index in [0.29, 0.717) is 32.8 Å². The van der Waals surface area contributed by atoms with E-state index in [1.807, 2.05) is 13.0 Å². The van der Waals surface area contributed by atoms with E-state index in [0.717, 1.165) is 17.7 Å². The summed E-state index contributed by atoms with van der Waals surface area (Å²) in [5, 5.41) is 21.8. The maximum Gasteiger partial charge on any atom is 0.293 e. The molecule has 270 valence electrons. The summed E-state index contributed by atoms with van der Waals surface area (Å²) in [7, 11) is 1.70. The molecule has 0 radical (unpaired) electrons. The van der Waals surface area contributed by atoms with Gasteiger partial charge in [0.2, 0.25) is 5.91 Å². The van der Waals surface area contributed by atoms with Crippen LogP contribution in [-0.4, -0.2) is 41.2 Å². The summed E-state index contributed by atoms with van der Waals surface area (Å²) in [6, 6.07) is 8.54. The molecule has 2 aliphatic carbocycles. The van der Waals surface area contributed by atoms with Gasteiger partial charge in [0.25, 0.3) is 12.3 Å². The number of nitrogens with one attached hydrogen (secondary N) is 1. The molecule has 1 saturated carbocycles. The number of benzene rings is 2. The molecule has 2 aromatic carbocycles. The molecule has 4 N–H and O–H groups in total. The Bertz CT molecular complexity index is 2310. The van der Waals surface area contributed by atoms with Crippen molar-refractivity contribution in [2.75, 3.05) is 5.73 Å². The molecule has 0 unspecified atom stereocenters. The molecule has 0 bridgehead atoms. The summed E-state index contributed by atoms with van der Waals surface area (Å²) in [6.45, 7) is 3.97. The van der Waals surface area contributed by atoms with E-state index in [4.69, 9.17) is 10.7 Å². The van der Waals surface area contributed by atoms with Gasteiger partial charge in [0.15, 0.2) is 5.82 Å². The molecule has 7 rings (SSSR count). The highest BCUT2D eigenvalue weighted by Crippen LogP contribution is 2.68. The summed E-state index contributed by atoms with van der Waals surface area (Å²) < 4.78 is 89.7. The fourth-order valence-electron chi connectivity index (χ4n) is 7.22. The van der Waals surface area contributed by atoms with Gasteiger partial charge < -0.3 is 16.2 Å². The number of nitrogens with two attached hydrogens (primary N) is 1. The number of pyridine rings is 1. The van der Waals surface area contributed by atoms with Crippen LogP contribution < -0.4 is 11.1 Å². The predicted octanol–water partition coefficient (Wildman–Crippen LogP) is 6.37. The van der Waals surface area contributed by atoms with Crippen LogP contribution in [0, 0.1) is 36.3 Å². The van der Waals surface area contributed by atoms with Gasteiger partial charge in [-0.05, 0) is 80.8 Å². The SMILES string of the molecule is Cc1ccc(-c2ccc(C#CC(C)(C)O)nc2[C@H](Cc2cc(F)cc(F)c2)NC(=O)Cn2nc(C(F)F)c3c2C(F)(F)[C@@H]2C[C@H]32)c2c1c(N)nn2C. The topological polar surface area (TPSA) is 124 Å². The Hall–Kier alpha value is -5.36. The van der Waals surface area contributed by atoms with Crippen molar-refractivity contribution in [2.45, 2.75) is 70.1 Å². The zero-order valence-corrected chi connectivity index (χ0v) is 28.4. The molecule has 1 fully saturated rings. The third-order valence-electron chi connectivity index (χ3n) is 9.42. The number of nitrogen functional groups attached to an aromatic ring is 1. The van der Waals surface area contributed by atoms with Gasteiger partial charge in [-0.25, -0.2) is 22.5 Å². The molecular weight excluding hydrogens is 688 g/mol. The molecule has 1 amide bonds. The van der Waals surface area contributed by atoms with Gasteiger partial charge in [0.1, 0.15) is 40.9 Å². The quantitative estimate of drug-likeness (QED) is 0.127. The lowest BCUT2D eigenvalue weighted by Gasteiger charge is -2.23. The van der Waals surface area contributed by atoms with Crippen molar-refractivity contribution in [3.63, 3.8) is 0 Å². The fraction of sp³-hybridized carbons (Fsp3) is 0.351. The van der Waals surface area contributed by atoms with Crippen molar-refractivity contribution in [3.8, 4) is 23.0 Å². The highest BCUT2D eigenvalue weighted by Gasteiger charge is 2.67. The lowest BCUT2D eigenvalue weighted by atomic mass is 9.93. The van der Waals surface area contributed by atoms with Crippen molar-refractivity contribution in [3.05, 3.63) is 93.6 Å². The lowest BCUT2D eigenvalue weighted by molar-refractivity contribution is -0.123. The average molecular weight is 722 g/mol. The molecule has 2 aliphatic rings. The van der Waals surface area contributed by atoms with Crippen molar-refractivity contribution >= 4 is 22.6 Å². The number of rotatable bonds is 8. The number of hydrogen-bond donors (Lipinski definition) is 3. The van der Waals surface area contributed by atoms with Crippen LogP contribution in [0.5, 0.6) is 0 Å². The molecule has 15 heteroatoms. The number of aliphatic hydroxyl groups is 1.